The minimum absolute atomic E-state index is 1.32. The van der Waals surface area contributed by atoms with Crippen LogP contribution in [0.5, 0.6) is 0 Å². The third-order valence-electron chi connectivity index (χ3n) is 5.13. The van der Waals surface area contributed by atoms with E-state index in [-0.39, 0.29) is 0 Å². The largest absolute Gasteiger partial charge is 0.0683 e. The summed E-state index contributed by atoms with van der Waals surface area (Å²) in [5, 5.41) is 5.39. The highest BCUT2D eigenvalue weighted by Crippen LogP contribution is 2.27. The second-order valence-corrected chi connectivity index (χ2v) is 7.77. The molecule has 5 aromatic rings. The molecule has 0 unspecified atom stereocenters. The summed E-state index contributed by atoms with van der Waals surface area (Å²) >= 11 is 0. The fourth-order valence-corrected chi connectivity index (χ4v) is 3.41. The Morgan fingerprint density at radius 1 is 0.375 bits per heavy atom. The van der Waals surface area contributed by atoms with Gasteiger partial charge in [0.15, 0.2) is 0 Å². The Balaban J connectivity index is 0.000000181. The molecule has 0 aromatic heterocycles. The van der Waals surface area contributed by atoms with Gasteiger partial charge < -0.3 is 0 Å². The molecular formula is C32H36. The number of fused-ring (bicyclic) bond motifs is 3. The van der Waals surface area contributed by atoms with Crippen molar-refractivity contribution in [3.63, 3.8) is 0 Å². The van der Waals surface area contributed by atoms with Crippen LogP contribution in [0.4, 0.5) is 0 Å². The van der Waals surface area contributed by atoms with Crippen LogP contribution in [0, 0.1) is 27.7 Å². The molecule has 0 heteroatoms. The second-order valence-electron chi connectivity index (χ2n) is 7.77. The number of rotatable bonds is 0. The number of hydrogen-bond donors (Lipinski definition) is 0. The molecule has 0 saturated carbocycles. The zero-order valence-corrected chi connectivity index (χ0v) is 20.4. The summed E-state index contributed by atoms with van der Waals surface area (Å²) < 4.78 is 0. The lowest BCUT2D eigenvalue weighted by Crippen LogP contribution is -1.81. The van der Waals surface area contributed by atoms with E-state index in [2.05, 4.69) is 119 Å². The maximum Gasteiger partial charge on any atom is -0.0103 e. The van der Waals surface area contributed by atoms with Crippen molar-refractivity contribution in [2.45, 2.75) is 41.5 Å². The summed E-state index contributed by atoms with van der Waals surface area (Å²) in [6, 6.07) is 38.2. The van der Waals surface area contributed by atoms with Crippen molar-refractivity contribution in [1.29, 1.82) is 0 Å². The van der Waals surface area contributed by atoms with Crippen LogP contribution in [0.1, 0.15) is 36.1 Å². The normalized spacial score (nSPS) is 9.56. The van der Waals surface area contributed by atoms with E-state index in [0.717, 1.165) is 0 Å². The Hall–Kier alpha value is -3.38. The van der Waals surface area contributed by atoms with Gasteiger partial charge in [0.25, 0.3) is 0 Å². The molecule has 0 spiro atoms. The van der Waals surface area contributed by atoms with E-state index in [1.807, 2.05) is 32.0 Å². The molecule has 0 aliphatic carbocycles. The first-order chi connectivity index (χ1) is 15.5. The van der Waals surface area contributed by atoms with Crippen molar-refractivity contribution < 1.29 is 0 Å². The molecule has 0 aliphatic heterocycles. The highest BCUT2D eigenvalue weighted by atomic mass is 14.1. The molecule has 0 N–H and O–H groups in total. The van der Waals surface area contributed by atoms with Gasteiger partial charge in [0, 0.05) is 0 Å². The molecular weight excluding hydrogens is 384 g/mol. The summed E-state index contributed by atoms with van der Waals surface area (Å²) in [6.07, 6.45) is 0. The van der Waals surface area contributed by atoms with Crippen molar-refractivity contribution in [2.24, 2.45) is 0 Å². The van der Waals surface area contributed by atoms with E-state index in [9.17, 15) is 0 Å². The van der Waals surface area contributed by atoms with Gasteiger partial charge in [0.05, 0.1) is 0 Å². The lowest BCUT2D eigenvalue weighted by Gasteiger charge is -2.06. The molecule has 0 amide bonds. The molecule has 0 heterocycles. The second kappa shape index (κ2) is 13.1. The SMILES string of the molecule is CC.Cc1cc2ccccc2c2ccccc12.Cc1ccc(C)cc1.Cc1ccccc1. The average molecular weight is 421 g/mol. The lowest BCUT2D eigenvalue weighted by atomic mass is 9.98. The van der Waals surface area contributed by atoms with Crippen molar-refractivity contribution >= 4 is 21.5 Å². The summed E-state index contributed by atoms with van der Waals surface area (Å²) in [7, 11) is 0. The Morgan fingerprint density at radius 2 is 0.781 bits per heavy atom. The number of benzene rings is 5. The van der Waals surface area contributed by atoms with Crippen molar-refractivity contribution in [3.05, 3.63) is 131 Å². The Kier molecular flexibility index (Phi) is 10.2. The van der Waals surface area contributed by atoms with Crippen LogP contribution in [0.15, 0.2) is 109 Å². The van der Waals surface area contributed by atoms with E-state index in [1.54, 1.807) is 0 Å². The van der Waals surface area contributed by atoms with Crippen LogP contribution in [-0.4, -0.2) is 0 Å². The molecule has 0 atom stereocenters. The molecule has 0 nitrogen and oxygen atoms in total. The van der Waals surface area contributed by atoms with Gasteiger partial charge in [-0.2, -0.15) is 0 Å². The van der Waals surface area contributed by atoms with Crippen molar-refractivity contribution in [3.8, 4) is 0 Å². The lowest BCUT2D eigenvalue weighted by molar-refractivity contribution is 1.40. The molecule has 5 aromatic carbocycles. The van der Waals surface area contributed by atoms with Gasteiger partial charge in [-0.15, -0.1) is 0 Å². The maximum atomic E-state index is 2.26. The van der Waals surface area contributed by atoms with E-state index in [0.29, 0.717) is 0 Å². The van der Waals surface area contributed by atoms with E-state index >= 15 is 0 Å². The van der Waals surface area contributed by atoms with E-state index < -0.39 is 0 Å². The first-order valence-electron chi connectivity index (χ1n) is 11.5. The van der Waals surface area contributed by atoms with Gasteiger partial charge in [-0.1, -0.05) is 140 Å². The highest BCUT2D eigenvalue weighted by molar-refractivity contribution is 6.08. The van der Waals surface area contributed by atoms with Gasteiger partial charge in [-0.25, -0.2) is 0 Å². The van der Waals surface area contributed by atoms with Crippen molar-refractivity contribution in [2.75, 3.05) is 0 Å². The van der Waals surface area contributed by atoms with Crippen LogP contribution in [0.25, 0.3) is 21.5 Å². The summed E-state index contributed by atoms with van der Waals surface area (Å²) in [5.41, 5.74) is 5.33. The first-order valence-corrected chi connectivity index (χ1v) is 11.5. The quantitative estimate of drug-likeness (QED) is 0.219. The summed E-state index contributed by atoms with van der Waals surface area (Å²) in [6.45, 7) is 12.5. The maximum absolute atomic E-state index is 2.26. The average Bonchev–Trinajstić information content (AvgIpc) is 2.84. The predicted molar refractivity (Wildman–Crippen MR) is 145 cm³/mol. The van der Waals surface area contributed by atoms with Gasteiger partial charge in [0.2, 0.25) is 0 Å². The number of aryl methyl sites for hydroxylation is 4. The molecule has 0 radical (unpaired) electrons. The standard InChI is InChI=1S/C15H12.C8H10.C7H8.C2H6/c1-11-10-12-6-2-3-8-14(12)15-9-5-4-7-13(11)15;1-7-3-5-8(2)6-4-7;1-7-5-3-2-4-6-7;1-2/h2-10H,1H3;3-6H,1-2H3;2-6H,1H3;1-2H3. The van der Waals surface area contributed by atoms with Crippen LogP contribution in [0.2, 0.25) is 0 Å². The Bertz CT molecular complexity index is 1180. The molecule has 0 saturated heterocycles. The zero-order chi connectivity index (χ0) is 23.3. The van der Waals surface area contributed by atoms with Gasteiger partial charge in [-0.05, 0) is 54.8 Å². The third kappa shape index (κ3) is 7.39. The fraction of sp³-hybridized carbons (Fsp3) is 0.188. The molecule has 0 aliphatic rings. The summed E-state index contributed by atoms with van der Waals surface area (Å²) in [4.78, 5) is 0. The van der Waals surface area contributed by atoms with Crippen LogP contribution in [0.3, 0.4) is 0 Å². The zero-order valence-electron chi connectivity index (χ0n) is 20.4. The smallest absolute Gasteiger partial charge is 0.0103 e. The molecule has 164 valence electrons. The monoisotopic (exact) mass is 420 g/mol. The number of hydrogen-bond acceptors (Lipinski definition) is 0. The van der Waals surface area contributed by atoms with Crippen LogP contribution in [-0.2, 0) is 0 Å². The van der Waals surface area contributed by atoms with E-state index in [1.165, 1.54) is 43.8 Å². The van der Waals surface area contributed by atoms with Gasteiger partial charge in [0.1, 0.15) is 0 Å². The fourth-order valence-electron chi connectivity index (χ4n) is 3.41. The minimum atomic E-state index is 1.32. The van der Waals surface area contributed by atoms with Crippen molar-refractivity contribution in [1.82, 2.24) is 0 Å². The molecule has 32 heavy (non-hydrogen) atoms. The third-order valence-corrected chi connectivity index (χ3v) is 5.13. The van der Waals surface area contributed by atoms with Gasteiger partial charge in [-0.3, -0.25) is 0 Å². The topological polar surface area (TPSA) is 0 Å². The Morgan fingerprint density at radius 3 is 1.28 bits per heavy atom. The highest BCUT2D eigenvalue weighted by Gasteiger charge is 2.01. The molecule has 5 rings (SSSR count). The minimum Gasteiger partial charge on any atom is -0.0683 e. The molecule has 0 bridgehead atoms. The van der Waals surface area contributed by atoms with Crippen LogP contribution >= 0.6 is 0 Å². The van der Waals surface area contributed by atoms with Crippen LogP contribution < -0.4 is 0 Å². The summed E-state index contributed by atoms with van der Waals surface area (Å²) in [5.74, 6) is 0. The Labute approximate surface area is 194 Å². The molecule has 0 fully saturated rings. The predicted octanol–water partition coefficient (Wildman–Crippen LogP) is 9.63. The van der Waals surface area contributed by atoms with Gasteiger partial charge >= 0.3 is 0 Å². The van der Waals surface area contributed by atoms with E-state index in [4.69, 9.17) is 0 Å². The first kappa shape index (κ1) is 24.9.